The van der Waals surface area contributed by atoms with Crippen LogP contribution in [0, 0.1) is 0 Å². The van der Waals surface area contributed by atoms with E-state index in [1.165, 1.54) is 0 Å². The van der Waals surface area contributed by atoms with E-state index in [9.17, 15) is 14.4 Å². The Kier molecular flexibility index (Phi) is 4.78. The molecule has 2 unspecified atom stereocenters. The molecule has 1 spiro atoms. The monoisotopic (exact) mass is 418 g/mol. The maximum atomic E-state index is 13.4. The Morgan fingerprint density at radius 2 is 1.81 bits per heavy atom. The molecule has 2 saturated heterocycles. The number of nitrogens with zero attached hydrogens (tertiary/aromatic N) is 3. The van der Waals surface area contributed by atoms with E-state index in [0.717, 1.165) is 34.6 Å². The summed E-state index contributed by atoms with van der Waals surface area (Å²) in [5.41, 5.74) is 1.95. The molecule has 0 saturated carbocycles. The maximum Gasteiger partial charge on any atom is 0.325 e. The standard InChI is InChI=1S/C24H26N4O3/c1-26-13-14-27(20(15-26)18-8-3-2-4-9-18)21(29)16-28-22(30)24(25-23(28)31)12-11-17-7-5-6-10-19(17)24/h2-10,20H,11-16H2,1H3,(H,25,31). The normalized spacial score (nSPS) is 25.8. The third-order valence-electron chi connectivity index (χ3n) is 6.80. The van der Waals surface area contributed by atoms with E-state index in [4.69, 9.17) is 0 Å². The fourth-order valence-corrected chi connectivity index (χ4v) is 5.14. The van der Waals surface area contributed by atoms with Crippen molar-refractivity contribution >= 4 is 17.8 Å². The SMILES string of the molecule is CN1CCN(C(=O)CN2C(=O)NC3(CCc4ccccc43)C2=O)C(c2ccccc2)C1. The number of carbonyl (C=O) groups excluding carboxylic acids is 3. The van der Waals surface area contributed by atoms with Crippen LogP contribution in [0.4, 0.5) is 4.79 Å². The summed E-state index contributed by atoms with van der Waals surface area (Å²) in [6.45, 7) is 1.80. The molecule has 7 nitrogen and oxygen atoms in total. The predicted octanol–water partition coefficient (Wildman–Crippen LogP) is 1.90. The van der Waals surface area contributed by atoms with Gasteiger partial charge in [0.25, 0.3) is 5.91 Å². The van der Waals surface area contributed by atoms with E-state index in [0.29, 0.717) is 19.5 Å². The lowest BCUT2D eigenvalue weighted by molar-refractivity contribution is -0.142. The van der Waals surface area contributed by atoms with E-state index in [1.807, 2.05) is 66.5 Å². The Morgan fingerprint density at radius 3 is 2.61 bits per heavy atom. The van der Waals surface area contributed by atoms with Crippen molar-refractivity contribution in [1.82, 2.24) is 20.0 Å². The Labute approximate surface area is 181 Å². The first-order chi connectivity index (χ1) is 15.0. The summed E-state index contributed by atoms with van der Waals surface area (Å²) < 4.78 is 0. The number of benzene rings is 2. The summed E-state index contributed by atoms with van der Waals surface area (Å²) in [6.07, 6.45) is 1.27. The van der Waals surface area contributed by atoms with E-state index in [1.54, 1.807) is 0 Å². The van der Waals surface area contributed by atoms with Crippen molar-refractivity contribution in [2.24, 2.45) is 0 Å². The lowest BCUT2D eigenvalue weighted by atomic mass is 9.92. The highest BCUT2D eigenvalue weighted by Gasteiger charge is 2.55. The van der Waals surface area contributed by atoms with Gasteiger partial charge in [-0.1, -0.05) is 54.6 Å². The van der Waals surface area contributed by atoms with Crippen LogP contribution in [-0.2, 0) is 21.5 Å². The van der Waals surface area contributed by atoms with Gasteiger partial charge >= 0.3 is 6.03 Å². The van der Waals surface area contributed by atoms with Crippen LogP contribution in [0.15, 0.2) is 54.6 Å². The van der Waals surface area contributed by atoms with Crippen molar-refractivity contribution in [1.29, 1.82) is 0 Å². The number of amides is 4. The smallest absolute Gasteiger partial charge is 0.325 e. The molecule has 4 amide bonds. The van der Waals surface area contributed by atoms with Gasteiger partial charge in [-0.2, -0.15) is 0 Å². The first-order valence-electron chi connectivity index (χ1n) is 10.7. The summed E-state index contributed by atoms with van der Waals surface area (Å²) in [5, 5.41) is 2.90. The van der Waals surface area contributed by atoms with Crippen LogP contribution in [-0.4, -0.2) is 65.8 Å². The molecule has 160 valence electrons. The maximum absolute atomic E-state index is 13.4. The molecular weight excluding hydrogens is 392 g/mol. The number of aryl methyl sites for hydroxylation is 1. The van der Waals surface area contributed by atoms with Crippen molar-refractivity contribution < 1.29 is 14.4 Å². The van der Waals surface area contributed by atoms with Crippen molar-refractivity contribution in [2.75, 3.05) is 33.2 Å². The lowest BCUT2D eigenvalue weighted by Gasteiger charge is -2.40. The first kappa shape index (κ1) is 19.8. The second-order valence-electron chi connectivity index (χ2n) is 8.66. The molecular formula is C24H26N4O3. The van der Waals surface area contributed by atoms with Crippen LogP contribution >= 0.6 is 0 Å². The minimum atomic E-state index is -1.03. The number of likely N-dealkylation sites (N-methyl/N-ethyl adjacent to an activating group) is 1. The number of nitrogens with one attached hydrogen (secondary N) is 1. The molecule has 31 heavy (non-hydrogen) atoms. The van der Waals surface area contributed by atoms with Gasteiger partial charge in [-0.25, -0.2) is 4.79 Å². The molecule has 1 N–H and O–H groups in total. The van der Waals surface area contributed by atoms with Crippen molar-refractivity contribution in [3.8, 4) is 0 Å². The number of fused-ring (bicyclic) bond motifs is 2. The fraction of sp³-hybridized carbons (Fsp3) is 0.375. The van der Waals surface area contributed by atoms with Crippen molar-refractivity contribution in [3.63, 3.8) is 0 Å². The molecule has 5 rings (SSSR count). The molecule has 2 heterocycles. The molecule has 0 bridgehead atoms. The number of piperazine rings is 1. The summed E-state index contributed by atoms with van der Waals surface area (Å²) in [5.74, 6) is -0.519. The van der Waals surface area contributed by atoms with E-state index < -0.39 is 11.6 Å². The fourth-order valence-electron chi connectivity index (χ4n) is 5.14. The van der Waals surface area contributed by atoms with E-state index in [-0.39, 0.29) is 24.4 Å². The molecule has 2 aliphatic heterocycles. The van der Waals surface area contributed by atoms with Gasteiger partial charge in [-0.3, -0.25) is 14.5 Å². The zero-order chi connectivity index (χ0) is 21.6. The molecule has 2 atom stereocenters. The Bertz CT molecular complexity index is 1040. The van der Waals surface area contributed by atoms with Crippen LogP contribution in [0.3, 0.4) is 0 Å². The van der Waals surface area contributed by atoms with Crippen molar-refractivity contribution in [3.05, 3.63) is 71.3 Å². The third kappa shape index (κ3) is 3.20. The highest BCUT2D eigenvalue weighted by molar-refractivity contribution is 6.10. The number of imide groups is 1. The highest BCUT2D eigenvalue weighted by Crippen LogP contribution is 2.41. The lowest BCUT2D eigenvalue weighted by Crippen LogP contribution is -2.52. The predicted molar refractivity (Wildman–Crippen MR) is 115 cm³/mol. The second kappa shape index (κ2) is 7.50. The van der Waals surface area contributed by atoms with Crippen LogP contribution in [0.5, 0.6) is 0 Å². The zero-order valence-electron chi connectivity index (χ0n) is 17.6. The van der Waals surface area contributed by atoms with Gasteiger partial charge in [0.15, 0.2) is 0 Å². The van der Waals surface area contributed by atoms with Gasteiger partial charge in [-0.05, 0) is 36.6 Å². The second-order valence-corrected chi connectivity index (χ2v) is 8.66. The van der Waals surface area contributed by atoms with Crippen LogP contribution in [0.1, 0.15) is 29.2 Å². The minimum Gasteiger partial charge on any atom is -0.332 e. The number of urea groups is 1. The Hall–Kier alpha value is -3.19. The highest BCUT2D eigenvalue weighted by atomic mass is 16.2. The molecule has 2 aromatic carbocycles. The summed E-state index contributed by atoms with van der Waals surface area (Å²) in [6, 6.07) is 17.0. The van der Waals surface area contributed by atoms with E-state index >= 15 is 0 Å². The van der Waals surface area contributed by atoms with Gasteiger partial charge in [0.2, 0.25) is 5.91 Å². The molecule has 2 aromatic rings. The Morgan fingerprint density at radius 1 is 1.06 bits per heavy atom. The van der Waals surface area contributed by atoms with E-state index in [2.05, 4.69) is 10.2 Å². The minimum absolute atomic E-state index is 0.102. The third-order valence-corrected chi connectivity index (χ3v) is 6.80. The number of rotatable bonds is 3. The molecule has 3 aliphatic rings. The van der Waals surface area contributed by atoms with Gasteiger partial charge in [-0.15, -0.1) is 0 Å². The summed E-state index contributed by atoms with van der Waals surface area (Å²) in [4.78, 5) is 44.6. The van der Waals surface area contributed by atoms with Crippen LogP contribution in [0.2, 0.25) is 0 Å². The van der Waals surface area contributed by atoms with Crippen LogP contribution < -0.4 is 5.32 Å². The quantitative estimate of drug-likeness (QED) is 0.773. The first-order valence-corrected chi connectivity index (χ1v) is 10.7. The number of hydrogen-bond donors (Lipinski definition) is 1. The van der Waals surface area contributed by atoms with Gasteiger partial charge in [0.1, 0.15) is 12.1 Å². The van der Waals surface area contributed by atoms with Gasteiger partial charge < -0.3 is 15.1 Å². The van der Waals surface area contributed by atoms with Gasteiger partial charge in [0, 0.05) is 19.6 Å². The largest absolute Gasteiger partial charge is 0.332 e. The average Bonchev–Trinajstić information content (AvgIpc) is 3.27. The zero-order valence-corrected chi connectivity index (χ0v) is 17.6. The molecule has 2 fully saturated rings. The molecule has 0 aromatic heterocycles. The topological polar surface area (TPSA) is 73.0 Å². The number of carbonyl (C=O) groups is 3. The van der Waals surface area contributed by atoms with Gasteiger partial charge in [0.05, 0.1) is 6.04 Å². The molecule has 0 radical (unpaired) electrons. The average molecular weight is 418 g/mol. The molecule has 7 heteroatoms. The van der Waals surface area contributed by atoms with Crippen LogP contribution in [0.25, 0.3) is 0 Å². The number of hydrogen-bond acceptors (Lipinski definition) is 4. The molecule has 1 aliphatic carbocycles. The Balaban J connectivity index is 1.38. The summed E-state index contributed by atoms with van der Waals surface area (Å²) in [7, 11) is 2.04. The summed E-state index contributed by atoms with van der Waals surface area (Å²) >= 11 is 0. The van der Waals surface area contributed by atoms with Crippen molar-refractivity contribution in [2.45, 2.75) is 24.4 Å².